The van der Waals surface area contributed by atoms with Crippen LogP contribution in [0.2, 0.25) is 10.0 Å². The lowest BCUT2D eigenvalue weighted by atomic mass is 10.3. The number of nitrogens with two attached hydrogens (primary N) is 1. The van der Waals surface area contributed by atoms with Crippen molar-refractivity contribution in [2.24, 2.45) is 0 Å². The van der Waals surface area contributed by atoms with Gasteiger partial charge in [0.05, 0.1) is 16.2 Å². The molecule has 5 nitrogen and oxygen atoms in total. The van der Waals surface area contributed by atoms with E-state index in [2.05, 4.69) is 20.5 Å². The first kappa shape index (κ1) is 11.0. The summed E-state index contributed by atoms with van der Waals surface area (Å²) in [7, 11) is 0. The maximum absolute atomic E-state index is 5.95. The Morgan fingerprint density at radius 1 is 1.38 bits per heavy atom. The second kappa shape index (κ2) is 4.59. The molecule has 0 aliphatic carbocycles. The van der Waals surface area contributed by atoms with E-state index >= 15 is 0 Å². The van der Waals surface area contributed by atoms with Gasteiger partial charge in [0.15, 0.2) is 0 Å². The fourth-order valence-electron chi connectivity index (χ4n) is 1.19. The van der Waals surface area contributed by atoms with Crippen molar-refractivity contribution < 1.29 is 0 Å². The fraction of sp³-hybridized carbons (Fsp3) is 0.111. The fourth-order valence-corrected chi connectivity index (χ4v) is 1.63. The van der Waals surface area contributed by atoms with Gasteiger partial charge in [0, 0.05) is 18.3 Å². The Balaban J connectivity index is 2.08. The van der Waals surface area contributed by atoms with Crippen LogP contribution >= 0.6 is 23.2 Å². The van der Waals surface area contributed by atoms with E-state index in [1.165, 1.54) is 6.20 Å². The number of hydrogen-bond donors (Lipinski definition) is 3. The van der Waals surface area contributed by atoms with Gasteiger partial charge in [0.2, 0.25) is 0 Å². The van der Waals surface area contributed by atoms with Crippen LogP contribution < -0.4 is 11.1 Å². The van der Waals surface area contributed by atoms with E-state index in [0.717, 1.165) is 5.56 Å². The summed E-state index contributed by atoms with van der Waals surface area (Å²) in [5.74, 6) is 1.09. The molecule has 0 radical (unpaired) electrons. The average Bonchev–Trinajstić information content (AvgIpc) is 2.63. The first-order valence-electron chi connectivity index (χ1n) is 4.49. The molecule has 4 N–H and O–H groups in total. The van der Waals surface area contributed by atoms with Crippen LogP contribution in [0.25, 0.3) is 0 Å². The van der Waals surface area contributed by atoms with Crippen LogP contribution in [-0.4, -0.2) is 15.2 Å². The highest BCUT2D eigenvalue weighted by atomic mass is 35.5. The van der Waals surface area contributed by atoms with Crippen LogP contribution in [0, 0.1) is 0 Å². The molecule has 0 unspecified atom stereocenters. The maximum atomic E-state index is 5.95. The molecule has 0 aromatic carbocycles. The summed E-state index contributed by atoms with van der Waals surface area (Å²) in [5.41, 5.74) is 6.49. The number of rotatable bonds is 3. The number of nitrogens with one attached hydrogen (secondary N) is 2. The summed E-state index contributed by atoms with van der Waals surface area (Å²) in [6.45, 7) is 0.497. The van der Waals surface area contributed by atoms with Gasteiger partial charge in [-0.15, -0.1) is 0 Å². The van der Waals surface area contributed by atoms with Gasteiger partial charge in [-0.3, -0.25) is 5.10 Å². The van der Waals surface area contributed by atoms with Crippen LogP contribution in [-0.2, 0) is 6.54 Å². The minimum Gasteiger partial charge on any atom is -0.384 e. The summed E-state index contributed by atoms with van der Waals surface area (Å²) in [5, 5.41) is 10.5. The molecule has 2 rings (SSSR count). The Bertz CT molecular complexity index is 496. The number of halogens is 2. The number of H-pyrrole nitrogens is 1. The number of pyridine rings is 1. The van der Waals surface area contributed by atoms with E-state index in [-0.39, 0.29) is 0 Å². The third-order valence-electron chi connectivity index (χ3n) is 2.01. The van der Waals surface area contributed by atoms with Gasteiger partial charge in [-0.1, -0.05) is 23.2 Å². The Kier molecular flexibility index (Phi) is 3.17. The SMILES string of the molecule is Nc1[nH]ncc1CNc1ncc(Cl)cc1Cl. The molecule has 0 aliphatic rings. The molecule has 16 heavy (non-hydrogen) atoms. The van der Waals surface area contributed by atoms with Gasteiger partial charge in [-0.2, -0.15) is 5.10 Å². The summed E-state index contributed by atoms with van der Waals surface area (Å²) < 4.78 is 0. The van der Waals surface area contributed by atoms with Gasteiger partial charge in [-0.25, -0.2) is 4.98 Å². The zero-order valence-corrected chi connectivity index (χ0v) is 9.68. The molecule has 2 heterocycles. The van der Waals surface area contributed by atoms with Crippen molar-refractivity contribution in [1.29, 1.82) is 0 Å². The van der Waals surface area contributed by atoms with Crippen LogP contribution in [0.4, 0.5) is 11.6 Å². The predicted octanol–water partition coefficient (Wildman–Crippen LogP) is 2.31. The van der Waals surface area contributed by atoms with E-state index in [9.17, 15) is 0 Å². The molecular weight excluding hydrogens is 249 g/mol. The number of nitrogen functional groups attached to an aromatic ring is 1. The van der Waals surface area contributed by atoms with Crippen molar-refractivity contribution in [1.82, 2.24) is 15.2 Å². The van der Waals surface area contributed by atoms with Crippen LogP contribution in [0.5, 0.6) is 0 Å². The normalized spacial score (nSPS) is 10.4. The summed E-state index contributed by atoms with van der Waals surface area (Å²) >= 11 is 11.7. The molecule has 0 spiro atoms. The molecule has 0 aliphatic heterocycles. The third-order valence-corrected chi connectivity index (χ3v) is 2.50. The van der Waals surface area contributed by atoms with Crippen molar-refractivity contribution in [3.8, 4) is 0 Å². The molecule has 0 bridgehead atoms. The third kappa shape index (κ3) is 2.37. The number of nitrogens with zero attached hydrogens (tertiary/aromatic N) is 2. The van der Waals surface area contributed by atoms with E-state index < -0.39 is 0 Å². The molecule has 0 fully saturated rings. The topological polar surface area (TPSA) is 79.6 Å². The van der Waals surface area contributed by atoms with Gasteiger partial charge in [0.25, 0.3) is 0 Å². The highest BCUT2D eigenvalue weighted by molar-refractivity contribution is 6.35. The number of anilines is 2. The smallest absolute Gasteiger partial charge is 0.145 e. The Morgan fingerprint density at radius 3 is 2.81 bits per heavy atom. The average molecular weight is 258 g/mol. The van der Waals surface area contributed by atoms with Crippen molar-refractivity contribution in [2.45, 2.75) is 6.54 Å². The van der Waals surface area contributed by atoms with Crippen LogP contribution in [0.3, 0.4) is 0 Å². The first-order chi connectivity index (χ1) is 7.66. The first-order valence-corrected chi connectivity index (χ1v) is 5.25. The second-order valence-electron chi connectivity index (χ2n) is 3.15. The van der Waals surface area contributed by atoms with Crippen LogP contribution in [0.1, 0.15) is 5.56 Å². The second-order valence-corrected chi connectivity index (χ2v) is 3.99. The predicted molar refractivity (Wildman–Crippen MR) is 64.6 cm³/mol. The molecule has 2 aromatic rings. The van der Waals surface area contributed by atoms with Crippen molar-refractivity contribution in [3.63, 3.8) is 0 Å². The number of aromatic nitrogens is 3. The van der Waals surface area contributed by atoms with E-state index in [4.69, 9.17) is 28.9 Å². The highest BCUT2D eigenvalue weighted by Crippen LogP contribution is 2.23. The van der Waals surface area contributed by atoms with Gasteiger partial charge < -0.3 is 11.1 Å². The number of hydrogen-bond acceptors (Lipinski definition) is 4. The maximum Gasteiger partial charge on any atom is 0.145 e. The molecule has 0 saturated heterocycles. The summed E-state index contributed by atoms with van der Waals surface area (Å²) in [6, 6.07) is 1.62. The monoisotopic (exact) mass is 257 g/mol. The highest BCUT2D eigenvalue weighted by Gasteiger charge is 2.05. The van der Waals surface area contributed by atoms with E-state index in [0.29, 0.717) is 28.2 Å². The molecule has 0 amide bonds. The van der Waals surface area contributed by atoms with Gasteiger partial charge in [0.1, 0.15) is 11.6 Å². The van der Waals surface area contributed by atoms with E-state index in [1.54, 1.807) is 12.3 Å². The lowest BCUT2D eigenvalue weighted by Crippen LogP contribution is -2.03. The van der Waals surface area contributed by atoms with E-state index in [1.807, 2.05) is 0 Å². The molecular formula is C9H9Cl2N5. The largest absolute Gasteiger partial charge is 0.384 e. The van der Waals surface area contributed by atoms with Gasteiger partial charge >= 0.3 is 0 Å². The Hall–Kier alpha value is -1.46. The Labute approximate surface area is 102 Å². The molecule has 2 aromatic heterocycles. The zero-order chi connectivity index (χ0) is 11.5. The molecule has 0 saturated carbocycles. The van der Waals surface area contributed by atoms with Crippen molar-refractivity contribution in [2.75, 3.05) is 11.1 Å². The molecule has 84 valence electrons. The minimum atomic E-state index is 0.467. The number of aromatic amines is 1. The quantitative estimate of drug-likeness (QED) is 0.789. The molecule has 0 atom stereocenters. The van der Waals surface area contributed by atoms with Crippen LogP contribution in [0.15, 0.2) is 18.5 Å². The lowest BCUT2D eigenvalue weighted by molar-refractivity contribution is 1.10. The lowest BCUT2D eigenvalue weighted by Gasteiger charge is -2.06. The summed E-state index contributed by atoms with van der Waals surface area (Å²) in [6.07, 6.45) is 3.17. The molecule has 7 heteroatoms. The summed E-state index contributed by atoms with van der Waals surface area (Å²) in [4.78, 5) is 4.06. The van der Waals surface area contributed by atoms with Crippen molar-refractivity contribution >= 4 is 34.8 Å². The Morgan fingerprint density at radius 2 is 2.19 bits per heavy atom. The minimum absolute atomic E-state index is 0.467. The zero-order valence-electron chi connectivity index (χ0n) is 8.17. The van der Waals surface area contributed by atoms with Crippen molar-refractivity contribution in [3.05, 3.63) is 34.1 Å². The van der Waals surface area contributed by atoms with Gasteiger partial charge in [-0.05, 0) is 6.07 Å². The standard InChI is InChI=1S/C9H9Cl2N5/c10-6-1-7(11)9(14-4-6)13-2-5-3-15-16-8(5)12/h1,3-4H,2H2,(H,13,14)(H3,12,15,16).